The number of ether oxygens (including phenoxy) is 1. The van der Waals surface area contributed by atoms with E-state index in [-0.39, 0.29) is 30.3 Å². The van der Waals surface area contributed by atoms with E-state index in [1.165, 1.54) is 30.6 Å². The van der Waals surface area contributed by atoms with Crippen molar-refractivity contribution in [2.45, 2.75) is 51.2 Å². The molecule has 218 valence electrons. The number of hydrogen-bond donors (Lipinski definition) is 1. The topological polar surface area (TPSA) is 95.3 Å². The number of benzene rings is 1. The normalized spacial score (nSPS) is 25.0. The maximum absolute atomic E-state index is 14.1. The number of pyridine rings is 1. The molecule has 0 unspecified atom stereocenters. The van der Waals surface area contributed by atoms with Crippen LogP contribution in [-0.2, 0) is 14.9 Å². The number of amides is 1. The number of anilines is 1. The lowest BCUT2D eigenvalue weighted by atomic mass is 9.90. The van der Waals surface area contributed by atoms with Crippen LogP contribution in [0.15, 0.2) is 36.7 Å². The summed E-state index contributed by atoms with van der Waals surface area (Å²) in [5, 5.41) is 8.05. The van der Waals surface area contributed by atoms with Gasteiger partial charge in [0.15, 0.2) is 11.4 Å². The molecule has 3 aliphatic rings. The Morgan fingerprint density at radius 1 is 1.17 bits per heavy atom. The number of rotatable bonds is 6. The Balaban J connectivity index is 1.31. The third-order valence-corrected chi connectivity index (χ3v) is 8.68. The average Bonchev–Trinajstić information content (AvgIpc) is 3.53. The summed E-state index contributed by atoms with van der Waals surface area (Å²) in [5.41, 5.74) is 2.22. The minimum absolute atomic E-state index is 0.00871. The number of fused-ring (bicyclic) bond motifs is 3. The first kappa shape index (κ1) is 27.9. The lowest BCUT2D eigenvalue weighted by Gasteiger charge is -2.43. The fourth-order valence-corrected chi connectivity index (χ4v) is 6.48. The van der Waals surface area contributed by atoms with Gasteiger partial charge in [-0.15, -0.1) is 0 Å². The molecule has 2 aromatic heterocycles. The first-order valence-electron chi connectivity index (χ1n) is 14.4. The lowest BCUT2D eigenvalue weighted by Crippen LogP contribution is -2.62. The fourth-order valence-electron chi connectivity index (χ4n) is 6.48. The second-order valence-corrected chi connectivity index (χ2v) is 12.3. The highest BCUT2D eigenvalue weighted by atomic mass is 19.1. The minimum Gasteiger partial charge on any atom is -0.379 e. The van der Waals surface area contributed by atoms with Crippen LogP contribution in [0.25, 0.3) is 5.65 Å². The Labute approximate surface area is 239 Å². The third-order valence-electron chi connectivity index (χ3n) is 8.68. The predicted octanol–water partition coefficient (Wildman–Crippen LogP) is 2.11. The van der Waals surface area contributed by atoms with Crippen molar-refractivity contribution < 1.29 is 18.7 Å². The Morgan fingerprint density at radius 3 is 2.71 bits per heavy atom. The van der Waals surface area contributed by atoms with E-state index in [0.29, 0.717) is 35.0 Å². The van der Waals surface area contributed by atoms with Gasteiger partial charge in [-0.25, -0.2) is 13.9 Å². The summed E-state index contributed by atoms with van der Waals surface area (Å²) in [6.07, 6.45) is 1.43. The Kier molecular flexibility index (Phi) is 7.39. The van der Waals surface area contributed by atoms with Crippen LogP contribution in [0.2, 0.25) is 0 Å². The number of hydrogen-bond acceptors (Lipinski definition) is 8. The van der Waals surface area contributed by atoms with Crippen molar-refractivity contribution in [3.8, 4) is 0 Å². The van der Waals surface area contributed by atoms with E-state index in [9.17, 15) is 14.0 Å². The van der Waals surface area contributed by atoms with Crippen molar-refractivity contribution in [2.75, 3.05) is 57.4 Å². The molecule has 1 N–H and O–H groups in total. The zero-order valence-corrected chi connectivity index (χ0v) is 24.1. The summed E-state index contributed by atoms with van der Waals surface area (Å²) in [7, 11) is 0. The van der Waals surface area contributed by atoms with E-state index in [0.717, 1.165) is 45.1 Å². The SMILES string of the molecule is C[C@@H]1CN(CC(=O)N2CC(C)(C)c3c2cc(C(=O)c2ccc(F)cc2)c2ncnn32)[C@@H](CN2CCOC[C@H]2C)CN1. The van der Waals surface area contributed by atoms with Gasteiger partial charge in [-0.2, -0.15) is 5.10 Å². The zero-order chi connectivity index (χ0) is 28.9. The minimum atomic E-state index is -0.412. The van der Waals surface area contributed by atoms with Gasteiger partial charge in [0.05, 0.1) is 36.7 Å². The molecule has 6 rings (SSSR count). The maximum Gasteiger partial charge on any atom is 0.241 e. The second-order valence-electron chi connectivity index (χ2n) is 12.3. The number of carbonyl (C=O) groups is 2. The van der Waals surface area contributed by atoms with Gasteiger partial charge in [0.25, 0.3) is 0 Å². The van der Waals surface area contributed by atoms with Gasteiger partial charge in [0.2, 0.25) is 5.91 Å². The van der Waals surface area contributed by atoms with Crippen molar-refractivity contribution in [1.82, 2.24) is 29.7 Å². The van der Waals surface area contributed by atoms with Gasteiger partial charge < -0.3 is 15.0 Å². The molecule has 0 radical (unpaired) electrons. The quantitative estimate of drug-likeness (QED) is 0.456. The van der Waals surface area contributed by atoms with E-state index in [1.807, 2.05) is 0 Å². The van der Waals surface area contributed by atoms with E-state index in [2.05, 4.69) is 52.9 Å². The smallest absolute Gasteiger partial charge is 0.241 e. The molecule has 1 amide bonds. The number of ketones is 1. The Hall–Kier alpha value is -3.25. The van der Waals surface area contributed by atoms with Crippen LogP contribution in [-0.4, -0.2) is 107 Å². The third kappa shape index (κ3) is 5.27. The number of halogens is 1. The average molecular weight is 564 g/mol. The Morgan fingerprint density at radius 2 is 1.95 bits per heavy atom. The van der Waals surface area contributed by atoms with Crippen molar-refractivity contribution in [2.24, 2.45) is 0 Å². The number of aromatic nitrogens is 3. The summed E-state index contributed by atoms with van der Waals surface area (Å²) in [6, 6.07) is 8.04. The van der Waals surface area contributed by atoms with E-state index in [4.69, 9.17) is 4.74 Å². The van der Waals surface area contributed by atoms with Crippen LogP contribution in [0.1, 0.15) is 49.3 Å². The van der Waals surface area contributed by atoms with Gasteiger partial charge in [-0.05, 0) is 44.2 Å². The summed E-state index contributed by atoms with van der Waals surface area (Å²) in [4.78, 5) is 38.6. The molecule has 1 aromatic carbocycles. The molecule has 3 atom stereocenters. The number of carbonyl (C=O) groups excluding carboxylic acids is 2. The fraction of sp³-hybridized carbons (Fsp3) is 0.533. The zero-order valence-electron chi connectivity index (χ0n) is 24.1. The molecule has 0 bridgehead atoms. The van der Waals surface area contributed by atoms with Crippen molar-refractivity contribution in [1.29, 1.82) is 0 Å². The van der Waals surface area contributed by atoms with Crippen LogP contribution >= 0.6 is 0 Å². The number of nitrogens with zero attached hydrogens (tertiary/aromatic N) is 6. The molecule has 2 saturated heterocycles. The van der Waals surface area contributed by atoms with Crippen LogP contribution in [0.4, 0.5) is 10.1 Å². The molecule has 11 heteroatoms. The highest BCUT2D eigenvalue weighted by Gasteiger charge is 2.43. The maximum atomic E-state index is 14.1. The molecule has 3 aliphatic heterocycles. The van der Waals surface area contributed by atoms with Crippen LogP contribution in [0.3, 0.4) is 0 Å². The van der Waals surface area contributed by atoms with Gasteiger partial charge >= 0.3 is 0 Å². The molecule has 0 saturated carbocycles. The second kappa shape index (κ2) is 10.9. The predicted molar refractivity (Wildman–Crippen MR) is 153 cm³/mol. The lowest BCUT2D eigenvalue weighted by molar-refractivity contribution is -0.121. The first-order chi connectivity index (χ1) is 19.6. The van der Waals surface area contributed by atoms with E-state index in [1.54, 1.807) is 15.5 Å². The summed E-state index contributed by atoms with van der Waals surface area (Å²) in [5.74, 6) is -0.714. The monoisotopic (exact) mass is 563 g/mol. The summed E-state index contributed by atoms with van der Waals surface area (Å²) in [6.45, 7) is 14.1. The molecule has 0 spiro atoms. The van der Waals surface area contributed by atoms with E-state index >= 15 is 0 Å². The van der Waals surface area contributed by atoms with Crippen molar-refractivity contribution >= 4 is 23.0 Å². The molecule has 5 heterocycles. The number of morpholine rings is 1. The highest BCUT2D eigenvalue weighted by molar-refractivity contribution is 6.13. The molecule has 41 heavy (non-hydrogen) atoms. The number of nitrogens with one attached hydrogen (secondary N) is 1. The Bertz CT molecular complexity index is 1460. The number of piperazine rings is 1. The van der Waals surface area contributed by atoms with Crippen LogP contribution in [0, 0.1) is 5.82 Å². The first-order valence-corrected chi connectivity index (χ1v) is 14.4. The van der Waals surface area contributed by atoms with Crippen molar-refractivity contribution in [3.05, 3.63) is 59.3 Å². The molecule has 10 nitrogen and oxygen atoms in total. The molecule has 0 aliphatic carbocycles. The van der Waals surface area contributed by atoms with Gasteiger partial charge in [-0.3, -0.25) is 19.4 Å². The van der Waals surface area contributed by atoms with Crippen LogP contribution < -0.4 is 10.2 Å². The highest BCUT2D eigenvalue weighted by Crippen LogP contribution is 2.42. The largest absolute Gasteiger partial charge is 0.379 e. The summed E-state index contributed by atoms with van der Waals surface area (Å²) < 4.78 is 20.9. The molecule has 2 fully saturated rings. The van der Waals surface area contributed by atoms with Gasteiger partial charge in [0.1, 0.15) is 12.1 Å². The molecule has 3 aromatic rings. The van der Waals surface area contributed by atoms with Gasteiger partial charge in [-0.1, -0.05) is 13.8 Å². The summed E-state index contributed by atoms with van der Waals surface area (Å²) >= 11 is 0. The van der Waals surface area contributed by atoms with Gasteiger partial charge in [0, 0.05) is 61.8 Å². The standard InChI is InChI=1S/C30H38FN7O3/c1-19-13-36(23(12-32-19)14-35-9-10-41-16-20(35)2)15-26(39)37-17-30(3,4)28-25(37)11-24(29-33-18-34-38(28)29)27(40)21-5-7-22(31)8-6-21/h5-8,11,18-20,23,32H,9-10,12-17H2,1-4H3/t19-,20-,23-/m1/s1. The molecular weight excluding hydrogens is 525 g/mol. The van der Waals surface area contributed by atoms with Crippen molar-refractivity contribution in [3.63, 3.8) is 0 Å². The molecular formula is C30H38FN7O3. The van der Waals surface area contributed by atoms with Crippen LogP contribution in [0.5, 0.6) is 0 Å². The van der Waals surface area contributed by atoms with E-state index < -0.39 is 11.2 Å².